The number of nitriles is 1. The highest BCUT2D eigenvalue weighted by Crippen LogP contribution is 2.39. The lowest BCUT2D eigenvalue weighted by Gasteiger charge is -2.48. The maximum Gasteiger partial charge on any atom is 0.410 e. The highest BCUT2D eigenvalue weighted by Gasteiger charge is 2.44. The Hall–Kier alpha value is -2.35. The van der Waals surface area contributed by atoms with Crippen LogP contribution in [0.15, 0.2) is 24.3 Å². The SMILES string of the molecule is CC(C)(C)OC(=O)N1C2CCCC1CC(C(=O)c1ccccc1C#N)C2. The third-order valence-corrected chi connectivity index (χ3v) is 5.26. The number of carbonyl (C=O) groups is 2. The second kappa shape index (κ2) is 7.11. The molecule has 2 bridgehead atoms. The van der Waals surface area contributed by atoms with E-state index in [1.54, 1.807) is 24.3 Å². The number of ether oxygens (including phenoxy) is 1. The zero-order valence-electron chi connectivity index (χ0n) is 15.7. The topological polar surface area (TPSA) is 70.4 Å². The van der Waals surface area contributed by atoms with Gasteiger partial charge in [-0.2, -0.15) is 5.26 Å². The molecule has 2 atom stereocenters. The van der Waals surface area contributed by atoms with Crippen LogP contribution in [0.4, 0.5) is 4.79 Å². The maximum absolute atomic E-state index is 13.0. The minimum Gasteiger partial charge on any atom is -0.444 e. The van der Waals surface area contributed by atoms with Crippen molar-refractivity contribution in [2.75, 3.05) is 0 Å². The zero-order chi connectivity index (χ0) is 18.9. The van der Waals surface area contributed by atoms with Crippen molar-refractivity contribution in [2.45, 2.75) is 70.6 Å². The van der Waals surface area contributed by atoms with Crippen LogP contribution in [0.2, 0.25) is 0 Å². The lowest BCUT2D eigenvalue weighted by atomic mass is 9.75. The van der Waals surface area contributed by atoms with E-state index in [1.807, 2.05) is 25.7 Å². The van der Waals surface area contributed by atoms with E-state index in [9.17, 15) is 14.9 Å². The van der Waals surface area contributed by atoms with Gasteiger partial charge in [0.05, 0.1) is 11.6 Å². The van der Waals surface area contributed by atoms with Gasteiger partial charge in [0.25, 0.3) is 0 Å². The predicted molar refractivity (Wildman–Crippen MR) is 97.7 cm³/mol. The lowest BCUT2D eigenvalue weighted by Crippen LogP contribution is -2.56. The minimum atomic E-state index is -0.524. The molecule has 0 spiro atoms. The zero-order valence-corrected chi connectivity index (χ0v) is 15.7. The fraction of sp³-hybridized carbons (Fsp3) is 0.571. The van der Waals surface area contributed by atoms with Crippen LogP contribution in [-0.4, -0.2) is 34.5 Å². The molecule has 0 N–H and O–H groups in total. The van der Waals surface area contributed by atoms with Crippen LogP contribution in [0.5, 0.6) is 0 Å². The fourth-order valence-electron chi connectivity index (χ4n) is 4.22. The summed E-state index contributed by atoms with van der Waals surface area (Å²) >= 11 is 0. The molecule has 0 aromatic heterocycles. The largest absolute Gasteiger partial charge is 0.444 e. The average Bonchev–Trinajstić information content (AvgIpc) is 2.58. The molecular weight excluding hydrogens is 328 g/mol. The van der Waals surface area contributed by atoms with Crippen molar-refractivity contribution in [1.82, 2.24) is 4.90 Å². The molecule has 2 heterocycles. The van der Waals surface area contributed by atoms with E-state index in [-0.39, 0.29) is 29.9 Å². The first-order valence-corrected chi connectivity index (χ1v) is 9.35. The van der Waals surface area contributed by atoms with Crippen LogP contribution in [0.1, 0.15) is 68.8 Å². The van der Waals surface area contributed by atoms with Gasteiger partial charge >= 0.3 is 6.09 Å². The summed E-state index contributed by atoms with van der Waals surface area (Å²) in [6.45, 7) is 5.61. The highest BCUT2D eigenvalue weighted by atomic mass is 16.6. The van der Waals surface area contributed by atoms with Gasteiger partial charge < -0.3 is 9.64 Å². The maximum atomic E-state index is 13.0. The molecule has 1 amide bonds. The number of amides is 1. The summed E-state index contributed by atoms with van der Waals surface area (Å²) < 4.78 is 5.59. The van der Waals surface area contributed by atoms with Crippen molar-refractivity contribution in [3.05, 3.63) is 35.4 Å². The molecule has 0 saturated carbocycles. The van der Waals surface area contributed by atoms with E-state index >= 15 is 0 Å². The Morgan fingerprint density at radius 1 is 1.15 bits per heavy atom. The van der Waals surface area contributed by atoms with Crippen molar-refractivity contribution in [3.63, 3.8) is 0 Å². The molecule has 5 heteroatoms. The molecule has 2 unspecified atom stereocenters. The van der Waals surface area contributed by atoms with Gasteiger partial charge in [-0.05, 0) is 58.9 Å². The number of ketones is 1. The van der Waals surface area contributed by atoms with Crippen LogP contribution in [0, 0.1) is 17.2 Å². The number of rotatable bonds is 2. The molecule has 0 aliphatic carbocycles. The van der Waals surface area contributed by atoms with Crippen molar-refractivity contribution in [3.8, 4) is 6.07 Å². The minimum absolute atomic E-state index is 0.0305. The van der Waals surface area contributed by atoms with Crippen LogP contribution in [-0.2, 0) is 4.74 Å². The molecule has 5 nitrogen and oxygen atoms in total. The number of Topliss-reactive ketones (excluding diaryl/α,β-unsaturated/α-hetero) is 1. The van der Waals surface area contributed by atoms with E-state index in [1.165, 1.54) is 0 Å². The summed E-state index contributed by atoms with van der Waals surface area (Å²) in [5.41, 5.74) is 0.407. The molecule has 1 aromatic rings. The molecule has 2 fully saturated rings. The van der Waals surface area contributed by atoms with Crippen molar-refractivity contribution in [2.24, 2.45) is 5.92 Å². The average molecular weight is 354 g/mol. The number of benzene rings is 1. The predicted octanol–water partition coefficient (Wildman–Crippen LogP) is 4.31. The second-order valence-corrected chi connectivity index (χ2v) is 8.32. The van der Waals surface area contributed by atoms with E-state index in [0.29, 0.717) is 24.0 Å². The summed E-state index contributed by atoms with van der Waals surface area (Å²) in [5, 5.41) is 9.28. The van der Waals surface area contributed by atoms with Crippen molar-refractivity contribution >= 4 is 11.9 Å². The molecular formula is C21H26N2O3. The molecule has 1 aromatic carbocycles. The Balaban J connectivity index is 1.78. The van der Waals surface area contributed by atoms with Gasteiger partial charge in [-0.15, -0.1) is 0 Å². The summed E-state index contributed by atoms with van der Waals surface area (Å²) in [6.07, 6.45) is 3.90. The lowest BCUT2D eigenvalue weighted by molar-refractivity contribution is -0.0260. The van der Waals surface area contributed by atoms with Crippen LogP contribution >= 0.6 is 0 Å². The van der Waals surface area contributed by atoms with Crippen LogP contribution < -0.4 is 0 Å². The molecule has 2 aliphatic rings. The first kappa shape index (κ1) is 18.4. The summed E-state index contributed by atoms with van der Waals surface area (Å²) in [4.78, 5) is 27.5. The Labute approximate surface area is 154 Å². The monoisotopic (exact) mass is 354 g/mol. The third kappa shape index (κ3) is 3.75. The smallest absolute Gasteiger partial charge is 0.410 e. The second-order valence-electron chi connectivity index (χ2n) is 8.32. The fourth-order valence-corrected chi connectivity index (χ4v) is 4.22. The number of piperidine rings is 2. The first-order chi connectivity index (χ1) is 12.3. The number of nitrogens with zero attached hydrogens (tertiary/aromatic N) is 2. The van der Waals surface area contributed by atoms with Gasteiger partial charge in [0.15, 0.2) is 5.78 Å². The summed E-state index contributed by atoms with van der Waals surface area (Å²) in [7, 11) is 0. The summed E-state index contributed by atoms with van der Waals surface area (Å²) in [5.74, 6) is -0.110. The van der Waals surface area contributed by atoms with E-state index in [4.69, 9.17) is 4.74 Å². The van der Waals surface area contributed by atoms with E-state index < -0.39 is 5.60 Å². The Morgan fingerprint density at radius 2 is 1.77 bits per heavy atom. The molecule has 2 saturated heterocycles. The van der Waals surface area contributed by atoms with Crippen molar-refractivity contribution in [1.29, 1.82) is 5.26 Å². The summed E-state index contributed by atoms with van der Waals surface area (Å²) in [6, 6.07) is 9.18. The first-order valence-electron chi connectivity index (χ1n) is 9.35. The van der Waals surface area contributed by atoms with Crippen molar-refractivity contribution < 1.29 is 14.3 Å². The number of fused-ring (bicyclic) bond motifs is 2. The van der Waals surface area contributed by atoms with Gasteiger partial charge in [-0.3, -0.25) is 4.79 Å². The quantitative estimate of drug-likeness (QED) is 0.742. The van der Waals surface area contributed by atoms with Crippen LogP contribution in [0.3, 0.4) is 0 Å². The van der Waals surface area contributed by atoms with E-state index in [2.05, 4.69) is 6.07 Å². The highest BCUT2D eigenvalue weighted by molar-refractivity contribution is 6.00. The van der Waals surface area contributed by atoms with Gasteiger partial charge in [0.1, 0.15) is 5.60 Å². The third-order valence-electron chi connectivity index (χ3n) is 5.26. The Morgan fingerprint density at radius 3 is 2.35 bits per heavy atom. The Kier molecular flexibility index (Phi) is 5.04. The number of hydrogen-bond donors (Lipinski definition) is 0. The molecule has 138 valence electrons. The Bertz CT molecular complexity index is 730. The van der Waals surface area contributed by atoms with Gasteiger partial charge in [0.2, 0.25) is 0 Å². The molecule has 2 aliphatic heterocycles. The molecule has 3 rings (SSSR count). The van der Waals surface area contributed by atoms with Gasteiger partial charge in [-0.1, -0.05) is 18.2 Å². The molecule has 26 heavy (non-hydrogen) atoms. The van der Waals surface area contributed by atoms with E-state index in [0.717, 1.165) is 19.3 Å². The normalized spacial score (nSPS) is 25.3. The number of carbonyl (C=O) groups excluding carboxylic acids is 2. The van der Waals surface area contributed by atoms with Gasteiger partial charge in [0, 0.05) is 23.6 Å². The standard InChI is InChI=1S/C21H26N2O3/c1-21(2,3)26-20(25)23-16-8-6-9-17(23)12-15(11-16)19(24)18-10-5-4-7-14(18)13-22/h4-5,7,10,15-17H,6,8-9,11-12H2,1-3H3. The molecule has 0 radical (unpaired) electrons. The number of hydrogen-bond acceptors (Lipinski definition) is 4. The van der Waals surface area contributed by atoms with Crippen LogP contribution in [0.25, 0.3) is 0 Å². The van der Waals surface area contributed by atoms with Gasteiger partial charge in [-0.25, -0.2) is 4.79 Å².